The number of rotatable bonds is 4. The second-order valence-corrected chi connectivity index (χ2v) is 4.09. The molecule has 1 aromatic carbocycles. The Morgan fingerprint density at radius 1 is 1.47 bits per heavy atom. The standard InChI is InChI=1S/C11H15ClN2O/c12-9-2-1-3-10(6-9)14(5-4-13)11-7-15-8-11/h1-3,6,11H,4-5,7-8,13H2. The first kappa shape index (κ1) is 10.7. The van der Waals surface area contributed by atoms with E-state index in [-0.39, 0.29) is 0 Å². The van der Waals surface area contributed by atoms with Crippen LogP contribution in [0.2, 0.25) is 5.02 Å². The first-order valence-corrected chi connectivity index (χ1v) is 5.49. The molecule has 1 saturated heterocycles. The van der Waals surface area contributed by atoms with E-state index < -0.39 is 0 Å². The number of nitrogens with two attached hydrogens (primary N) is 1. The van der Waals surface area contributed by atoms with Crippen LogP contribution in [0.3, 0.4) is 0 Å². The predicted octanol–water partition coefficient (Wildman–Crippen LogP) is 1.50. The predicted molar refractivity (Wildman–Crippen MR) is 62.5 cm³/mol. The molecule has 0 amide bonds. The summed E-state index contributed by atoms with van der Waals surface area (Å²) in [4.78, 5) is 2.26. The van der Waals surface area contributed by atoms with Crippen LogP contribution in [0.1, 0.15) is 0 Å². The van der Waals surface area contributed by atoms with Crippen molar-refractivity contribution in [2.24, 2.45) is 5.73 Å². The number of anilines is 1. The highest BCUT2D eigenvalue weighted by molar-refractivity contribution is 6.30. The average molecular weight is 227 g/mol. The molecule has 1 aromatic rings. The Morgan fingerprint density at radius 3 is 2.80 bits per heavy atom. The summed E-state index contributed by atoms with van der Waals surface area (Å²) in [6.45, 7) is 3.05. The molecule has 0 atom stereocenters. The zero-order valence-corrected chi connectivity index (χ0v) is 9.28. The smallest absolute Gasteiger partial charge is 0.0757 e. The van der Waals surface area contributed by atoms with E-state index in [0.29, 0.717) is 12.6 Å². The Bertz CT molecular complexity index is 328. The minimum atomic E-state index is 0.451. The van der Waals surface area contributed by atoms with Gasteiger partial charge in [-0.05, 0) is 18.2 Å². The highest BCUT2D eigenvalue weighted by Gasteiger charge is 2.25. The van der Waals surface area contributed by atoms with Gasteiger partial charge in [0.15, 0.2) is 0 Å². The van der Waals surface area contributed by atoms with Crippen LogP contribution in [0.5, 0.6) is 0 Å². The van der Waals surface area contributed by atoms with E-state index in [0.717, 1.165) is 30.5 Å². The van der Waals surface area contributed by atoms with Gasteiger partial charge in [0.25, 0.3) is 0 Å². The third-order valence-corrected chi connectivity index (χ3v) is 2.81. The number of ether oxygens (including phenoxy) is 1. The highest BCUT2D eigenvalue weighted by atomic mass is 35.5. The van der Waals surface area contributed by atoms with Crippen LogP contribution in [0.15, 0.2) is 24.3 Å². The lowest BCUT2D eigenvalue weighted by Gasteiger charge is -2.38. The average Bonchev–Trinajstić information content (AvgIpc) is 2.14. The van der Waals surface area contributed by atoms with Crippen molar-refractivity contribution in [3.8, 4) is 0 Å². The van der Waals surface area contributed by atoms with Crippen molar-refractivity contribution in [1.29, 1.82) is 0 Å². The van der Waals surface area contributed by atoms with Gasteiger partial charge in [0.05, 0.1) is 19.3 Å². The zero-order chi connectivity index (χ0) is 10.7. The molecule has 0 radical (unpaired) electrons. The van der Waals surface area contributed by atoms with Gasteiger partial charge in [0.1, 0.15) is 0 Å². The minimum Gasteiger partial charge on any atom is -0.377 e. The van der Waals surface area contributed by atoms with Crippen molar-refractivity contribution in [2.75, 3.05) is 31.2 Å². The van der Waals surface area contributed by atoms with Crippen molar-refractivity contribution in [2.45, 2.75) is 6.04 Å². The molecule has 15 heavy (non-hydrogen) atoms. The quantitative estimate of drug-likeness (QED) is 0.846. The van der Waals surface area contributed by atoms with Crippen molar-refractivity contribution in [3.63, 3.8) is 0 Å². The molecule has 0 saturated carbocycles. The molecule has 2 N–H and O–H groups in total. The third kappa shape index (κ3) is 2.43. The molecule has 1 fully saturated rings. The van der Waals surface area contributed by atoms with Gasteiger partial charge in [0, 0.05) is 23.8 Å². The Morgan fingerprint density at radius 2 is 2.27 bits per heavy atom. The fourth-order valence-electron chi connectivity index (χ4n) is 1.72. The van der Waals surface area contributed by atoms with Gasteiger partial charge in [-0.1, -0.05) is 17.7 Å². The molecule has 0 spiro atoms. The van der Waals surface area contributed by atoms with Crippen LogP contribution in [-0.2, 0) is 4.74 Å². The summed E-state index contributed by atoms with van der Waals surface area (Å²) in [7, 11) is 0. The number of halogens is 1. The fourth-order valence-corrected chi connectivity index (χ4v) is 1.90. The van der Waals surface area contributed by atoms with Crippen molar-refractivity contribution in [3.05, 3.63) is 29.3 Å². The Hall–Kier alpha value is -0.770. The first-order valence-electron chi connectivity index (χ1n) is 5.11. The molecule has 0 aliphatic carbocycles. The topological polar surface area (TPSA) is 38.5 Å². The molecular weight excluding hydrogens is 212 g/mol. The maximum atomic E-state index is 5.97. The Balaban J connectivity index is 2.15. The van der Waals surface area contributed by atoms with Gasteiger partial charge in [-0.2, -0.15) is 0 Å². The summed E-state index contributed by atoms with van der Waals surface area (Å²) in [5.74, 6) is 0. The number of nitrogens with zero attached hydrogens (tertiary/aromatic N) is 1. The van der Waals surface area contributed by atoms with E-state index in [9.17, 15) is 0 Å². The SMILES string of the molecule is NCCN(c1cccc(Cl)c1)C1COC1. The molecule has 82 valence electrons. The Labute approximate surface area is 94.8 Å². The van der Waals surface area contributed by atoms with Crippen molar-refractivity contribution in [1.82, 2.24) is 0 Å². The highest BCUT2D eigenvalue weighted by Crippen LogP contribution is 2.23. The fraction of sp³-hybridized carbons (Fsp3) is 0.455. The lowest BCUT2D eigenvalue weighted by atomic mass is 10.1. The van der Waals surface area contributed by atoms with E-state index >= 15 is 0 Å². The first-order chi connectivity index (χ1) is 7.31. The monoisotopic (exact) mass is 226 g/mol. The van der Waals surface area contributed by atoms with E-state index in [1.807, 2.05) is 18.2 Å². The van der Waals surface area contributed by atoms with E-state index in [1.54, 1.807) is 0 Å². The van der Waals surface area contributed by atoms with Crippen molar-refractivity contribution < 1.29 is 4.74 Å². The summed E-state index contributed by atoms with van der Waals surface area (Å²) < 4.78 is 5.20. The minimum absolute atomic E-state index is 0.451. The second-order valence-electron chi connectivity index (χ2n) is 3.65. The van der Waals surface area contributed by atoms with E-state index in [4.69, 9.17) is 22.1 Å². The van der Waals surface area contributed by atoms with Crippen molar-refractivity contribution >= 4 is 17.3 Å². The molecule has 4 heteroatoms. The van der Waals surface area contributed by atoms with E-state index in [1.165, 1.54) is 0 Å². The van der Waals surface area contributed by atoms with Crippen LogP contribution >= 0.6 is 11.6 Å². The van der Waals surface area contributed by atoms with Gasteiger partial charge < -0.3 is 15.4 Å². The molecule has 1 heterocycles. The van der Waals surface area contributed by atoms with Crippen LogP contribution in [0.25, 0.3) is 0 Å². The van der Waals surface area contributed by atoms with Crippen LogP contribution < -0.4 is 10.6 Å². The number of hydrogen-bond donors (Lipinski definition) is 1. The molecule has 3 nitrogen and oxygen atoms in total. The lowest BCUT2D eigenvalue weighted by molar-refractivity contribution is 0.00831. The van der Waals surface area contributed by atoms with Gasteiger partial charge in [-0.3, -0.25) is 0 Å². The molecule has 1 aliphatic heterocycles. The summed E-state index contributed by atoms with van der Waals surface area (Å²) in [5, 5.41) is 0.759. The number of hydrogen-bond acceptors (Lipinski definition) is 3. The van der Waals surface area contributed by atoms with Gasteiger partial charge in [0.2, 0.25) is 0 Å². The molecule has 0 bridgehead atoms. The maximum Gasteiger partial charge on any atom is 0.0757 e. The second kappa shape index (κ2) is 4.84. The van der Waals surface area contributed by atoms with Crippen LogP contribution in [0.4, 0.5) is 5.69 Å². The zero-order valence-electron chi connectivity index (χ0n) is 8.53. The molecular formula is C11H15ClN2O. The molecule has 2 rings (SSSR count). The van der Waals surface area contributed by atoms with Crippen LogP contribution in [-0.4, -0.2) is 32.3 Å². The normalized spacial score (nSPS) is 16.1. The molecule has 1 aliphatic rings. The largest absolute Gasteiger partial charge is 0.377 e. The third-order valence-electron chi connectivity index (χ3n) is 2.57. The van der Waals surface area contributed by atoms with Gasteiger partial charge in [-0.25, -0.2) is 0 Å². The van der Waals surface area contributed by atoms with Crippen LogP contribution in [0, 0.1) is 0 Å². The van der Waals surface area contributed by atoms with Gasteiger partial charge in [-0.15, -0.1) is 0 Å². The summed E-state index contributed by atoms with van der Waals surface area (Å²) in [5.41, 5.74) is 6.73. The summed E-state index contributed by atoms with van der Waals surface area (Å²) >= 11 is 5.97. The Kier molecular flexibility index (Phi) is 3.46. The maximum absolute atomic E-state index is 5.97. The molecule has 0 aromatic heterocycles. The summed E-state index contributed by atoms with van der Waals surface area (Å²) in [6.07, 6.45) is 0. The summed E-state index contributed by atoms with van der Waals surface area (Å²) in [6, 6.07) is 8.31. The molecule has 0 unspecified atom stereocenters. The van der Waals surface area contributed by atoms with E-state index in [2.05, 4.69) is 11.0 Å². The lowest BCUT2D eigenvalue weighted by Crippen LogP contribution is -2.50. The van der Waals surface area contributed by atoms with Gasteiger partial charge >= 0.3 is 0 Å². The number of benzene rings is 1.